The van der Waals surface area contributed by atoms with Gasteiger partial charge in [0, 0.05) is 56.4 Å². The van der Waals surface area contributed by atoms with Crippen molar-refractivity contribution < 1.29 is 14.7 Å². The third kappa shape index (κ3) is 4.86. The van der Waals surface area contributed by atoms with Crippen molar-refractivity contribution in [2.45, 2.75) is 59.2 Å². The number of fused-ring (bicyclic) bond motifs is 1. The Bertz CT molecular complexity index is 1170. The summed E-state index contributed by atoms with van der Waals surface area (Å²) in [5.74, 6) is -1.08. The molecule has 1 aliphatic heterocycles. The van der Waals surface area contributed by atoms with E-state index in [1.54, 1.807) is 11.0 Å². The van der Waals surface area contributed by atoms with Gasteiger partial charge in [0.25, 0.3) is 11.5 Å². The normalized spacial score (nSPS) is 17.4. The van der Waals surface area contributed by atoms with Gasteiger partial charge >= 0.3 is 0 Å². The smallest absolute Gasteiger partial charge is 0.270 e. The molecule has 0 spiro atoms. The Morgan fingerprint density at radius 1 is 1.18 bits per heavy atom. The molecule has 1 saturated carbocycles. The summed E-state index contributed by atoms with van der Waals surface area (Å²) in [6, 6.07) is 0.498. The summed E-state index contributed by atoms with van der Waals surface area (Å²) >= 11 is 0. The van der Waals surface area contributed by atoms with Crippen LogP contribution in [0, 0.1) is 5.92 Å². The Balaban J connectivity index is 1.65. The van der Waals surface area contributed by atoms with Gasteiger partial charge in [-0.25, -0.2) is 0 Å². The van der Waals surface area contributed by atoms with Gasteiger partial charge in [0.1, 0.15) is 5.65 Å². The van der Waals surface area contributed by atoms with E-state index in [4.69, 9.17) is 0 Å². The molecule has 34 heavy (non-hydrogen) atoms. The summed E-state index contributed by atoms with van der Waals surface area (Å²) in [6.07, 6.45) is 6.34. The molecular formula is C24H34N6O4. The highest BCUT2D eigenvalue weighted by Gasteiger charge is 2.30. The van der Waals surface area contributed by atoms with Crippen molar-refractivity contribution in [3.8, 4) is 5.88 Å². The van der Waals surface area contributed by atoms with Gasteiger partial charge in [-0.1, -0.05) is 13.8 Å². The van der Waals surface area contributed by atoms with Crippen LogP contribution in [0.3, 0.4) is 0 Å². The fraction of sp³-hybridized carbons (Fsp3) is 0.583. The van der Waals surface area contributed by atoms with Crippen LogP contribution in [0.1, 0.15) is 56.5 Å². The molecule has 3 heterocycles. The van der Waals surface area contributed by atoms with E-state index in [-0.39, 0.29) is 23.4 Å². The number of rotatable bonds is 7. The minimum absolute atomic E-state index is 0.0464. The number of aromatic nitrogens is 3. The zero-order valence-corrected chi connectivity index (χ0v) is 20.3. The Morgan fingerprint density at radius 3 is 2.44 bits per heavy atom. The first-order valence-corrected chi connectivity index (χ1v) is 12.0. The van der Waals surface area contributed by atoms with E-state index in [0.29, 0.717) is 36.9 Å². The molecule has 10 heteroatoms. The van der Waals surface area contributed by atoms with E-state index in [1.807, 2.05) is 13.8 Å². The van der Waals surface area contributed by atoms with Crippen molar-refractivity contribution in [3.05, 3.63) is 33.8 Å². The highest BCUT2D eigenvalue weighted by atomic mass is 16.3. The van der Waals surface area contributed by atoms with Gasteiger partial charge in [-0.2, -0.15) is 9.61 Å². The molecule has 0 atom stereocenters. The molecule has 2 fully saturated rings. The van der Waals surface area contributed by atoms with Crippen molar-refractivity contribution in [2.75, 3.05) is 26.2 Å². The van der Waals surface area contributed by atoms with Crippen molar-refractivity contribution in [1.82, 2.24) is 29.3 Å². The number of carbonyl (C=O) groups is 2. The van der Waals surface area contributed by atoms with Crippen LogP contribution in [0.5, 0.6) is 5.88 Å². The van der Waals surface area contributed by atoms with Crippen molar-refractivity contribution in [1.29, 1.82) is 0 Å². The number of hydrogen-bond donors (Lipinski definition) is 2. The quantitative estimate of drug-likeness (QED) is 0.590. The summed E-state index contributed by atoms with van der Waals surface area (Å²) in [7, 11) is 0. The van der Waals surface area contributed by atoms with Gasteiger partial charge in [-0.3, -0.25) is 23.9 Å². The van der Waals surface area contributed by atoms with Gasteiger partial charge in [-0.15, -0.1) is 0 Å². The second-order valence-corrected chi connectivity index (χ2v) is 9.88. The van der Waals surface area contributed by atoms with Crippen LogP contribution < -0.4 is 10.9 Å². The van der Waals surface area contributed by atoms with E-state index in [0.717, 1.165) is 25.9 Å². The lowest BCUT2D eigenvalue weighted by Crippen LogP contribution is -2.50. The lowest BCUT2D eigenvalue weighted by molar-refractivity contribution is -0.127. The van der Waals surface area contributed by atoms with Crippen LogP contribution in [0.2, 0.25) is 0 Å². The first-order chi connectivity index (χ1) is 16.2. The van der Waals surface area contributed by atoms with Crippen LogP contribution >= 0.6 is 0 Å². The van der Waals surface area contributed by atoms with Crippen molar-refractivity contribution in [3.63, 3.8) is 0 Å². The van der Waals surface area contributed by atoms with Gasteiger partial charge in [0.05, 0.1) is 6.20 Å². The first-order valence-electron chi connectivity index (χ1n) is 12.0. The number of aromatic hydroxyl groups is 1. The number of hydrogen-bond acceptors (Lipinski definition) is 6. The van der Waals surface area contributed by atoms with Gasteiger partial charge in [0.2, 0.25) is 11.8 Å². The van der Waals surface area contributed by atoms with Gasteiger partial charge in [-0.05, 0) is 38.7 Å². The summed E-state index contributed by atoms with van der Waals surface area (Å²) in [4.78, 5) is 42.9. The molecule has 0 aromatic carbocycles. The molecule has 2 aliphatic rings. The predicted molar refractivity (Wildman–Crippen MR) is 129 cm³/mol. The van der Waals surface area contributed by atoms with E-state index < -0.39 is 17.3 Å². The van der Waals surface area contributed by atoms with E-state index >= 15 is 0 Å². The van der Waals surface area contributed by atoms with Crippen LogP contribution in [-0.4, -0.2) is 79.2 Å². The molecule has 2 N–H and O–H groups in total. The van der Waals surface area contributed by atoms with E-state index in [2.05, 4.69) is 29.2 Å². The van der Waals surface area contributed by atoms with Gasteiger partial charge < -0.3 is 15.3 Å². The zero-order chi connectivity index (χ0) is 24.6. The largest absolute Gasteiger partial charge is 0.492 e. The number of nitrogens with one attached hydrogen (secondary N) is 1. The van der Waals surface area contributed by atoms with E-state index in [1.165, 1.54) is 21.4 Å². The predicted octanol–water partition coefficient (Wildman–Crippen LogP) is 1.32. The maximum absolute atomic E-state index is 13.3. The molecule has 4 rings (SSSR count). The molecule has 0 unspecified atom stereocenters. The molecule has 2 aromatic heterocycles. The fourth-order valence-electron chi connectivity index (χ4n) is 4.27. The number of carbonyl (C=O) groups excluding carboxylic acids is 2. The van der Waals surface area contributed by atoms with Crippen LogP contribution in [0.4, 0.5) is 0 Å². The average Bonchev–Trinajstić information content (AvgIpc) is 3.50. The summed E-state index contributed by atoms with van der Waals surface area (Å²) in [5, 5.41) is 17.8. The molecular weight excluding hydrogens is 436 g/mol. The minimum atomic E-state index is -0.590. The van der Waals surface area contributed by atoms with Gasteiger partial charge in [0.15, 0.2) is 5.56 Å². The minimum Gasteiger partial charge on any atom is -0.492 e. The lowest BCUT2D eigenvalue weighted by Gasteiger charge is -2.36. The lowest BCUT2D eigenvalue weighted by atomic mass is 10.2. The molecule has 1 aliphatic carbocycles. The Hall–Kier alpha value is -3.14. The third-order valence-electron chi connectivity index (χ3n) is 6.36. The van der Waals surface area contributed by atoms with Crippen LogP contribution in [-0.2, 0) is 11.3 Å². The molecule has 0 bridgehead atoms. The molecule has 184 valence electrons. The average molecular weight is 471 g/mol. The fourth-order valence-corrected chi connectivity index (χ4v) is 4.27. The second kappa shape index (κ2) is 9.61. The Labute approximate surface area is 198 Å². The maximum Gasteiger partial charge on any atom is 0.270 e. The first kappa shape index (κ1) is 24.0. The standard InChI is InChI=1S/C24H34N6O4/c1-15(2)14-29-22-17(5-8-19(31)28-11-9-27(10-12-28)16(3)4)13-25-30(22)24(34)20(23(29)33)21(32)26-18-6-7-18/h5,8,13,15-16,18,34H,6-7,9-12,14H2,1-4H3,(H,26,32). The summed E-state index contributed by atoms with van der Waals surface area (Å²) in [6.45, 7) is 11.6. The number of piperazine rings is 1. The highest BCUT2D eigenvalue weighted by molar-refractivity contribution is 5.97. The number of nitrogens with zero attached hydrogens (tertiary/aromatic N) is 5. The highest BCUT2D eigenvalue weighted by Crippen LogP contribution is 2.23. The second-order valence-electron chi connectivity index (χ2n) is 9.88. The molecule has 1 saturated heterocycles. The summed E-state index contributed by atoms with van der Waals surface area (Å²) < 4.78 is 2.67. The maximum atomic E-state index is 13.3. The van der Waals surface area contributed by atoms with Crippen molar-refractivity contribution in [2.24, 2.45) is 5.92 Å². The van der Waals surface area contributed by atoms with E-state index in [9.17, 15) is 19.5 Å². The number of amides is 2. The Morgan fingerprint density at radius 2 is 1.85 bits per heavy atom. The third-order valence-corrected chi connectivity index (χ3v) is 6.36. The topological polar surface area (TPSA) is 112 Å². The monoisotopic (exact) mass is 470 g/mol. The molecule has 2 aromatic rings. The Kier molecular flexibility index (Phi) is 6.79. The molecule has 0 radical (unpaired) electrons. The summed E-state index contributed by atoms with van der Waals surface area (Å²) in [5.41, 5.74) is 0.00475. The van der Waals surface area contributed by atoms with Crippen LogP contribution in [0.25, 0.3) is 11.7 Å². The molecule has 2 amide bonds. The zero-order valence-electron chi connectivity index (χ0n) is 20.3. The SMILES string of the molecule is CC(C)Cn1c(=O)c(C(=O)NC2CC2)c(O)n2ncc(C=CC(=O)N3CCN(C(C)C)CC3)c12. The van der Waals surface area contributed by atoms with Crippen molar-refractivity contribution >= 4 is 23.5 Å². The molecule has 10 nitrogen and oxygen atoms in total. The van der Waals surface area contributed by atoms with Crippen LogP contribution in [0.15, 0.2) is 17.1 Å².